The van der Waals surface area contributed by atoms with E-state index >= 15 is 0 Å². The largest absolute Gasteiger partial charge is 0.480 e. The van der Waals surface area contributed by atoms with Gasteiger partial charge in [-0.05, 0) is 6.54 Å². The summed E-state index contributed by atoms with van der Waals surface area (Å²) in [6.07, 6.45) is 0. The summed E-state index contributed by atoms with van der Waals surface area (Å²) in [7, 11) is 0. The molecule has 8 heteroatoms. The lowest BCUT2D eigenvalue weighted by molar-refractivity contribution is -0.138. The van der Waals surface area contributed by atoms with Crippen LogP contribution in [-0.2, 0) is 9.59 Å². The van der Waals surface area contributed by atoms with Gasteiger partial charge in [-0.1, -0.05) is 12.0 Å². The summed E-state index contributed by atoms with van der Waals surface area (Å²) in [5.74, 6) is -1.02. The van der Waals surface area contributed by atoms with Crippen LogP contribution in [0.25, 0.3) is 0 Å². The zero-order valence-electron chi connectivity index (χ0n) is 9.63. The predicted octanol–water partition coefficient (Wildman–Crippen LogP) is -0.277. The molecule has 17 heavy (non-hydrogen) atoms. The van der Waals surface area contributed by atoms with Crippen molar-refractivity contribution < 1.29 is 19.1 Å². The fourth-order valence-corrected chi connectivity index (χ4v) is 1.18. The Hall–Kier alpha value is -1.96. The number of nitrogens with one attached hydrogen (secondary N) is 1. The van der Waals surface area contributed by atoms with Crippen molar-refractivity contribution in [3.63, 3.8) is 0 Å². The van der Waals surface area contributed by atoms with Crippen LogP contribution in [0.15, 0.2) is 4.42 Å². The van der Waals surface area contributed by atoms with Gasteiger partial charge in [-0.2, -0.15) is 0 Å². The molecule has 1 heterocycles. The molecule has 0 saturated carbocycles. The number of rotatable bonds is 6. The van der Waals surface area contributed by atoms with Crippen LogP contribution >= 0.6 is 0 Å². The summed E-state index contributed by atoms with van der Waals surface area (Å²) < 4.78 is 4.96. The summed E-state index contributed by atoms with van der Waals surface area (Å²) in [5, 5.41) is 18.1. The van der Waals surface area contributed by atoms with Gasteiger partial charge in [-0.15, -0.1) is 5.10 Å². The van der Waals surface area contributed by atoms with Crippen molar-refractivity contribution in [3.05, 3.63) is 5.89 Å². The Bertz CT molecular complexity index is 403. The molecular weight excluding hydrogens is 228 g/mol. The number of likely N-dealkylation sites (N-methyl/N-ethyl adjacent to an activating group) is 1. The van der Waals surface area contributed by atoms with E-state index in [2.05, 4.69) is 15.5 Å². The molecule has 0 radical (unpaired) electrons. The van der Waals surface area contributed by atoms with Gasteiger partial charge >= 0.3 is 12.0 Å². The van der Waals surface area contributed by atoms with Crippen LogP contribution in [0.5, 0.6) is 0 Å². The molecule has 1 aromatic rings. The van der Waals surface area contributed by atoms with Crippen LogP contribution in [0.1, 0.15) is 12.8 Å². The summed E-state index contributed by atoms with van der Waals surface area (Å²) in [5.41, 5.74) is 0. The number of hydrogen-bond donors (Lipinski definition) is 2. The summed E-state index contributed by atoms with van der Waals surface area (Å²) in [4.78, 5) is 23.5. The van der Waals surface area contributed by atoms with Crippen molar-refractivity contribution >= 4 is 17.9 Å². The number of carboxylic acids is 1. The van der Waals surface area contributed by atoms with E-state index in [-0.39, 0.29) is 19.1 Å². The zero-order valence-corrected chi connectivity index (χ0v) is 9.63. The molecule has 0 fully saturated rings. The molecule has 0 bridgehead atoms. The van der Waals surface area contributed by atoms with Crippen molar-refractivity contribution in [1.82, 2.24) is 15.1 Å². The van der Waals surface area contributed by atoms with Crippen molar-refractivity contribution in [2.45, 2.75) is 13.8 Å². The normalized spacial score (nSPS) is 10.5. The topological polar surface area (TPSA) is 109 Å². The molecule has 1 rings (SSSR count). The fraction of sp³-hybridized carbons (Fsp3) is 0.556. The number of aliphatic carboxylic acids is 1. The molecule has 0 unspecified atom stereocenters. The maximum Gasteiger partial charge on any atom is 0.322 e. The van der Waals surface area contributed by atoms with E-state index in [1.165, 1.54) is 4.90 Å². The summed E-state index contributed by atoms with van der Waals surface area (Å²) >= 11 is 0. The molecule has 1 amide bonds. The van der Waals surface area contributed by atoms with Crippen LogP contribution < -0.4 is 5.32 Å². The number of aromatic nitrogens is 2. The highest BCUT2D eigenvalue weighted by atomic mass is 16.4. The van der Waals surface area contributed by atoms with Gasteiger partial charge in [0.1, 0.15) is 0 Å². The number of carbonyl (C=O) groups is 2. The molecule has 1 aromatic heterocycles. The van der Waals surface area contributed by atoms with Crippen LogP contribution in [-0.4, -0.2) is 51.7 Å². The Balaban J connectivity index is 2.45. The van der Waals surface area contributed by atoms with Crippen LogP contribution in [0, 0.1) is 6.92 Å². The van der Waals surface area contributed by atoms with E-state index in [9.17, 15) is 9.59 Å². The van der Waals surface area contributed by atoms with Crippen molar-refractivity contribution in [2.24, 2.45) is 0 Å². The highest BCUT2D eigenvalue weighted by molar-refractivity contribution is 5.90. The third-order valence-electron chi connectivity index (χ3n) is 1.95. The van der Waals surface area contributed by atoms with Crippen molar-refractivity contribution in [1.29, 1.82) is 0 Å². The molecule has 0 atom stereocenters. The minimum atomic E-state index is -0.978. The molecule has 0 aromatic carbocycles. The van der Waals surface area contributed by atoms with Gasteiger partial charge in [-0.25, -0.2) is 0 Å². The number of anilines is 1. The van der Waals surface area contributed by atoms with Crippen LogP contribution in [0.4, 0.5) is 6.01 Å². The Kier molecular flexibility index (Phi) is 4.58. The highest BCUT2D eigenvalue weighted by Crippen LogP contribution is 2.03. The molecule has 0 aliphatic carbocycles. The number of carboxylic acid groups (broad SMARTS) is 1. The lowest BCUT2D eigenvalue weighted by Crippen LogP contribution is -2.36. The van der Waals surface area contributed by atoms with E-state index in [1.807, 2.05) is 0 Å². The maximum atomic E-state index is 11.5. The average Bonchev–Trinajstić information content (AvgIpc) is 2.62. The van der Waals surface area contributed by atoms with Gasteiger partial charge in [0, 0.05) is 6.92 Å². The SMILES string of the molecule is CCN(CC(=O)O)CC(=O)Nc1nnc(C)o1. The molecule has 0 saturated heterocycles. The first kappa shape index (κ1) is 13.1. The molecule has 0 aliphatic rings. The standard InChI is InChI=1S/C9H14N4O4/c1-3-13(5-8(15)16)4-7(14)10-9-12-11-6(2)17-9/h3-5H2,1-2H3,(H,15,16)(H,10,12,14). The molecule has 0 spiro atoms. The van der Waals surface area contributed by atoms with Gasteiger partial charge in [0.15, 0.2) is 0 Å². The molecule has 2 N–H and O–H groups in total. The van der Waals surface area contributed by atoms with Crippen LogP contribution in [0.3, 0.4) is 0 Å². The lowest BCUT2D eigenvalue weighted by Gasteiger charge is -2.16. The van der Waals surface area contributed by atoms with Gasteiger partial charge in [0.25, 0.3) is 0 Å². The second kappa shape index (κ2) is 5.94. The van der Waals surface area contributed by atoms with Gasteiger partial charge < -0.3 is 9.52 Å². The molecule has 94 valence electrons. The monoisotopic (exact) mass is 242 g/mol. The smallest absolute Gasteiger partial charge is 0.322 e. The minimum absolute atomic E-state index is 0.0129. The first-order valence-electron chi connectivity index (χ1n) is 5.05. The Morgan fingerprint density at radius 3 is 2.59 bits per heavy atom. The predicted molar refractivity (Wildman–Crippen MR) is 57.4 cm³/mol. The molecular formula is C9H14N4O4. The molecule has 0 aliphatic heterocycles. The van der Waals surface area contributed by atoms with Crippen molar-refractivity contribution in [3.8, 4) is 0 Å². The van der Waals surface area contributed by atoms with E-state index in [0.717, 1.165) is 0 Å². The minimum Gasteiger partial charge on any atom is -0.480 e. The Morgan fingerprint density at radius 1 is 1.41 bits per heavy atom. The van der Waals surface area contributed by atoms with E-state index in [0.29, 0.717) is 12.4 Å². The lowest BCUT2D eigenvalue weighted by atomic mass is 10.4. The van der Waals surface area contributed by atoms with Gasteiger partial charge in [-0.3, -0.25) is 19.8 Å². The number of nitrogens with zero attached hydrogens (tertiary/aromatic N) is 3. The number of carbonyl (C=O) groups excluding carboxylic acids is 1. The fourth-order valence-electron chi connectivity index (χ4n) is 1.18. The quantitative estimate of drug-likeness (QED) is 0.706. The van der Waals surface area contributed by atoms with Crippen LogP contribution in [0.2, 0.25) is 0 Å². The first-order valence-corrected chi connectivity index (χ1v) is 5.05. The number of hydrogen-bond acceptors (Lipinski definition) is 6. The number of amides is 1. The second-order valence-electron chi connectivity index (χ2n) is 3.37. The second-order valence-corrected chi connectivity index (χ2v) is 3.37. The molecule has 8 nitrogen and oxygen atoms in total. The first-order chi connectivity index (χ1) is 8.01. The zero-order chi connectivity index (χ0) is 12.8. The van der Waals surface area contributed by atoms with Crippen molar-refractivity contribution in [2.75, 3.05) is 25.0 Å². The Labute approximate surface area is 97.6 Å². The van der Waals surface area contributed by atoms with E-state index < -0.39 is 11.9 Å². The summed E-state index contributed by atoms with van der Waals surface area (Å²) in [6, 6.07) is 0.0129. The third-order valence-corrected chi connectivity index (χ3v) is 1.95. The third kappa shape index (κ3) is 4.60. The van der Waals surface area contributed by atoms with E-state index in [1.54, 1.807) is 13.8 Å². The van der Waals surface area contributed by atoms with Gasteiger partial charge in [0.05, 0.1) is 13.1 Å². The average molecular weight is 242 g/mol. The maximum absolute atomic E-state index is 11.5. The van der Waals surface area contributed by atoms with Gasteiger partial charge in [0.2, 0.25) is 11.8 Å². The summed E-state index contributed by atoms with van der Waals surface area (Å²) in [6.45, 7) is 3.61. The Morgan fingerprint density at radius 2 is 2.12 bits per heavy atom. The van der Waals surface area contributed by atoms with E-state index in [4.69, 9.17) is 9.52 Å². The highest BCUT2D eigenvalue weighted by Gasteiger charge is 2.14. The number of aryl methyl sites for hydroxylation is 1.